The van der Waals surface area contributed by atoms with E-state index in [-0.39, 0.29) is 0 Å². The Bertz CT molecular complexity index is 5200. The van der Waals surface area contributed by atoms with Crippen LogP contribution >= 0.6 is 11.3 Å². The maximum atomic E-state index is 5.65. The number of hydrogen-bond acceptors (Lipinski definition) is 2. The molecule has 0 atom stereocenters. The fourth-order valence-corrected chi connectivity index (χ4v) is 13.2. The fourth-order valence-electron chi connectivity index (χ4n) is 12.1. The molecule has 0 saturated carbocycles. The topological polar surface area (TPSA) is 13.1 Å². The van der Waals surface area contributed by atoms with E-state index < -0.39 is 0 Å². The zero-order valence-electron chi connectivity index (χ0n) is 78.2. The lowest BCUT2D eigenvalue weighted by Crippen LogP contribution is -1.79. The number of thiophene rings is 1. The minimum Gasteiger partial charge on any atom is -0.456 e. The quantitative estimate of drug-likeness (QED) is 0.168. The Labute approximate surface area is 762 Å². The standard InChI is InChI=1S/C18H14.C12H8O.C12H8S.4C10H8.4C7H8.7C2H6/c1-3-7-15(8-4-1)17-11-13-18(14-12-17)16-9-5-2-6-10-16;2*1-3-7-11-9(5-1)10-6-2-4-8-12(10)13-11;4*1-2-6-10-8-4-3-7-9(10)5-1;4*1-7-5-3-2-4-6-7;7*1-2/h1-14H;2*1-8H;4*1-8H;4*2-6H,1H3;7*1-2H3. The van der Waals surface area contributed by atoms with E-state index in [4.69, 9.17) is 4.42 Å². The summed E-state index contributed by atoms with van der Waals surface area (Å²) >= 11 is 1.86. The van der Waals surface area contributed by atoms with Crippen molar-refractivity contribution in [3.8, 4) is 22.3 Å². The molecule has 0 spiro atoms. The molecular formula is C124H136OS. The summed E-state index contributed by atoms with van der Waals surface area (Å²) in [5.74, 6) is 0. The highest BCUT2D eigenvalue weighted by Crippen LogP contribution is 2.33. The molecule has 21 rings (SSSR count). The number of para-hydroxylation sites is 2. The third kappa shape index (κ3) is 38.8. The van der Waals surface area contributed by atoms with E-state index in [0.717, 1.165) is 11.2 Å². The van der Waals surface area contributed by atoms with E-state index in [9.17, 15) is 0 Å². The number of rotatable bonds is 2. The van der Waals surface area contributed by atoms with Crippen LogP contribution in [0.15, 0.2) is 502 Å². The molecule has 0 N–H and O–H groups in total. The molecule has 0 aliphatic carbocycles. The molecule has 0 aliphatic rings. The summed E-state index contributed by atoms with van der Waals surface area (Å²) in [5.41, 5.74) is 12.3. The van der Waals surface area contributed by atoms with Gasteiger partial charge in [0.25, 0.3) is 0 Å². The monoisotopic (exact) mass is 1670 g/mol. The highest BCUT2D eigenvalue weighted by molar-refractivity contribution is 7.25. The summed E-state index contributed by atoms with van der Waals surface area (Å²) in [6, 6.07) is 171. The minimum atomic E-state index is 0.962. The van der Waals surface area contributed by atoms with Crippen LogP contribution in [0.2, 0.25) is 0 Å². The molecular weight excluding hydrogens is 1540 g/mol. The molecule has 644 valence electrons. The van der Waals surface area contributed by atoms with Crippen molar-refractivity contribution in [2.75, 3.05) is 0 Å². The summed E-state index contributed by atoms with van der Waals surface area (Å²) in [6.45, 7) is 36.3. The van der Waals surface area contributed by atoms with Crippen LogP contribution in [0.4, 0.5) is 0 Å². The molecule has 0 saturated heterocycles. The van der Waals surface area contributed by atoms with Crippen LogP contribution in [0.5, 0.6) is 0 Å². The van der Waals surface area contributed by atoms with E-state index in [1.165, 1.54) is 119 Å². The van der Waals surface area contributed by atoms with Crippen molar-refractivity contribution in [1.82, 2.24) is 0 Å². The molecule has 0 fully saturated rings. The molecule has 0 unspecified atom stereocenters. The number of benzene rings is 19. The van der Waals surface area contributed by atoms with Gasteiger partial charge in [-0.1, -0.05) is 592 Å². The van der Waals surface area contributed by atoms with Gasteiger partial charge >= 0.3 is 0 Å². The Morgan fingerprint density at radius 3 is 0.460 bits per heavy atom. The lowest BCUT2D eigenvalue weighted by atomic mass is 10.0. The van der Waals surface area contributed by atoms with Gasteiger partial charge in [0, 0.05) is 30.9 Å². The molecule has 0 bridgehead atoms. The number of aryl methyl sites for hydroxylation is 4. The van der Waals surface area contributed by atoms with Gasteiger partial charge < -0.3 is 4.42 Å². The Morgan fingerprint density at radius 2 is 0.278 bits per heavy atom. The number of fused-ring (bicyclic) bond motifs is 10. The first-order valence-corrected chi connectivity index (χ1v) is 45.8. The van der Waals surface area contributed by atoms with Crippen molar-refractivity contribution in [1.29, 1.82) is 0 Å². The van der Waals surface area contributed by atoms with Gasteiger partial charge in [0.2, 0.25) is 0 Å². The SMILES string of the molecule is CC.CC.CC.CC.CC.CC.CC.Cc1ccccc1.Cc1ccccc1.Cc1ccccc1.Cc1ccccc1.c1ccc(-c2ccc(-c3ccccc3)cc2)cc1.c1ccc2c(c1)oc1ccccc12.c1ccc2c(c1)sc1ccccc12.c1ccc2ccccc2c1.c1ccc2ccccc2c1.c1ccc2ccccc2c1.c1ccc2ccccc2c1. The van der Waals surface area contributed by atoms with Crippen LogP contribution in [-0.2, 0) is 0 Å². The molecule has 0 aliphatic heterocycles. The van der Waals surface area contributed by atoms with Crippen LogP contribution in [0.1, 0.15) is 119 Å². The van der Waals surface area contributed by atoms with Gasteiger partial charge in [-0.15, -0.1) is 11.3 Å². The summed E-state index contributed by atoms with van der Waals surface area (Å²) in [5, 5.41) is 15.6. The second-order valence-corrected chi connectivity index (χ2v) is 27.6. The summed E-state index contributed by atoms with van der Waals surface area (Å²) in [6.07, 6.45) is 0. The van der Waals surface area contributed by atoms with E-state index >= 15 is 0 Å². The molecule has 126 heavy (non-hydrogen) atoms. The second-order valence-electron chi connectivity index (χ2n) is 26.5. The van der Waals surface area contributed by atoms with Gasteiger partial charge in [-0.05, 0) is 117 Å². The fraction of sp³-hybridized carbons (Fsp3) is 0.145. The van der Waals surface area contributed by atoms with Crippen molar-refractivity contribution in [3.63, 3.8) is 0 Å². The minimum absolute atomic E-state index is 0.962. The van der Waals surface area contributed by atoms with Crippen molar-refractivity contribution in [2.24, 2.45) is 0 Å². The van der Waals surface area contributed by atoms with E-state index in [0.29, 0.717) is 0 Å². The van der Waals surface area contributed by atoms with Gasteiger partial charge in [0.1, 0.15) is 11.2 Å². The molecule has 2 heteroatoms. The van der Waals surface area contributed by atoms with Crippen LogP contribution in [0.3, 0.4) is 0 Å². The van der Waals surface area contributed by atoms with Gasteiger partial charge in [0.15, 0.2) is 0 Å². The molecule has 0 radical (unpaired) electrons. The van der Waals surface area contributed by atoms with Crippen molar-refractivity contribution in [3.05, 3.63) is 520 Å². The van der Waals surface area contributed by atoms with Gasteiger partial charge in [-0.2, -0.15) is 0 Å². The summed E-state index contributed by atoms with van der Waals surface area (Å²) in [4.78, 5) is 0. The smallest absolute Gasteiger partial charge is 0.135 e. The second kappa shape index (κ2) is 66.8. The van der Waals surface area contributed by atoms with Crippen LogP contribution in [0, 0.1) is 27.7 Å². The summed E-state index contributed by atoms with van der Waals surface area (Å²) < 4.78 is 8.41. The first-order valence-electron chi connectivity index (χ1n) is 45.0. The molecule has 21 aromatic rings. The molecule has 19 aromatic carbocycles. The number of furan rings is 1. The molecule has 2 aromatic heterocycles. The van der Waals surface area contributed by atoms with E-state index in [2.05, 4.69) is 404 Å². The van der Waals surface area contributed by atoms with Crippen molar-refractivity contribution >= 4 is 96.5 Å². The first-order chi connectivity index (χ1) is 62.3. The van der Waals surface area contributed by atoms with Gasteiger partial charge in [0.05, 0.1) is 0 Å². The zero-order valence-corrected chi connectivity index (χ0v) is 79.0. The first kappa shape index (κ1) is 105. The van der Waals surface area contributed by atoms with E-state index in [1.54, 1.807) is 0 Å². The van der Waals surface area contributed by atoms with Crippen molar-refractivity contribution in [2.45, 2.75) is 125 Å². The third-order valence-corrected chi connectivity index (χ3v) is 19.2. The average Bonchev–Trinajstić information content (AvgIpc) is 1.65. The lowest BCUT2D eigenvalue weighted by Gasteiger charge is -2.04. The Hall–Kier alpha value is -13.8. The Kier molecular flexibility index (Phi) is 55.5. The maximum absolute atomic E-state index is 5.65. The molecule has 1 nitrogen and oxygen atoms in total. The maximum Gasteiger partial charge on any atom is 0.135 e. The summed E-state index contributed by atoms with van der Waals surface area (Å²) in [7, 11) is 0. The Balaban J connectivity index is 0.000000289. The average molecular weight is 1670 g/mol. The van der Waals surface area contributed by atoms with Gasteiger partial charge in [-0.3, -0.25) is 0 Å². The van der Waals surface area contributed by atoms with E-state index in [1.807, 2.05) is 230 Å². The van der Waals surface area contributed by atoms with Crippen LogP contribution in [0.25, 0.3) is 107 Å². The lowest BCUT2D eigenvalue weighted by molar-refractivity contribution is 0.669. The third-order valence-electron chi connectivity index (χ3n) is 18.1. The highest BCUT2D eigenvalue weighted by atomic mass is 32.1. The molecule has 2 heterocycles. The molecule has 0 amide bonds. The highest BCUT2D eigenvalue weighted by Gasteiger charge is 2.05. The van der Waals surface area contributed by atoms with Crippen LogP contribution < -0.4 is 0 Å². The van der Waals surface area contributed by atoms with Gasteiger partial charge in [-0.25, -0.2) is 0 Å². The number of hydrogen-bond donors (Lipinski definition) is 0. The largest absolute Gasteiger partial charge is 0.456 e. The zero-order chi connectivity index (χ0) is 91.3. The predicted molar refractivity (Wildman–Crippen MR) is 570 cm³/mol. The Morgan fingerprint density at radius 1 is 0.135 bits per heavy atom. The van der Waals surface area contributed by atoms with Crippen molar-refractivity contribution < 1.29 is 4.42 Å². The van der Waals surface area contributed by atoms with Crippen LogP contribution in [-0.4, -0.2) is 0 Å². The predicted octanol–water partition coefficient (Wildman–Crippen LogP) is 39.2. The normalized spacial score (nSPS) is 9.19.